The minimum atomic E-state index is -3.50. The molecule has 202 valence electrons. The summed E-state index contributed by atoms with van der Waals surface area (Å²) < 4.78 is 26.3. The molecule has 1 N–H and O–H groups in total. The van der Waals surface area contributed by atoms with Gasteiger partial charge in [0.25, 0.3) is 0 Å². The van der Waals surface area contributed by atoms with Crippen LogP contribution in [0.4, 0.5) is 5.69 Å². The number of carbonyl (C=O) groups excluding carboxylic acids is 2. The van der Waals surface area contributed by atoms with E-state index in [9.17, 15) is 18.0 Å². The van der Waals surface area contributed by atoms with Crippen molar-refractivity contribution >= 4 is 27.5 Å². The fourth-order valence-corrected chi connectivity index (χ4v) is 5.94. The molecule has 0 aromatic heterocycles. The molecular weight excluding hydrogens is 486 g/mol. The van der Waals surface area contributed by atoms with Crippen LogP contribution in [0.5, 0.6) is 0 Å². The maximum absolute atomic E-state index is 13.5. The van der Waals surface area contributed by atoms with Crippen LogP contribution in [0.3, 0.4) is 0 Å². The van der Waals surface area contributed by atoms with Gasteiger partial charge in [-0.2, -0.15) is 0 Å². The van der Waals surface area contributed by atoms with E-state index in [0.29, 0.717) is 31.5 Å². The lowest BCUT2D eigenvalue weighted by Crippen LogP contribution is -2.52. The molecule has 1 saturated carbocycles. The second-order valence-electron chi connectivity index (χ2n) is 10.0. The molecule has 8 heteroatoms. The molecule has 2 aromatic rings. The molecule has 37 heavy (non-hydrogen) atoms. The van der Waals surface area contributed by atoms with Crippen molar-refractivity contribution in [1.82, 2.24) is 10.2 Å². The zero-order chi connectivity index (χ0) is 26.8. The van der Waals surface area contributed by atoms with Gasteiger partial charge >= 0.3 is 0 Å². The predicted molar refractivity (Wildman–Crippen MR) is 149 cm³/mol. The van der Waals surface area contributed by atoms with Gasteiger partial charge in [-0.3, -0.25) is 13.9 Å². The van der Waals surface area contributed by atoms with E-state index < -0.39 is 16.1 Å². The van der Waals surface area contributed by atoms with Crippen molar-refractivity contribution in [3.63, 3.8) is 0 Å². The van der Waals surface area contributed by atoms with E-state index in [1.165, 1.54) is 10.6 Å². The number of benzene rings is 2. The Kier molecular flexibility index (Phi) is 10.6. The number of hydrogen-bond acceptors (Lipinski definition) is 4. The van der Waals surface area contributed by atoms with Gasteiger partial charge in [0, 0.05) is 25.6 Å². The van der Waals surface area contributed by atoms with Crippen LogP contribution in [0.2, 0.25) is 0 Å². The van der Waals surface area contributed by atoms with Crippen LogP contribution < -0.4 is 9.62 Å². The van der Waals surface area contributed by atoms with Crippen LogP contribution in [-0.2, 0) is 26.0 Å². The van der Waals surface area contributed by atoms with Gasteiger partial charge in [-0.15, -0.1) is 0 Å². The van der Waals surface area contributed by atoms with Crippen LogP contribution >= 0.6 is 0 Å². The molecule has 1 aliphatic rings. The topological polar surface area (TPSA) is 86.8 Å². The second-order valence-corrected chi connectivity index (χ2v) is 11.9. The highest BCUT2D eigenvalue weighted by molar-refractivity contribution is 7.92. The second kappa shape index (κ2) is 13.6. The summed E-state index contributed by atoms with van der Waals surface area (Å²) in [5, 5.41) is 3.16. The zero-order valence-electron chi connectivity index (χ0n) is 22.4. The summed E-state index contributed by atoms with van der Waals surface area (Å²) in [5.41, 5.74) is 2.74. The Hall–Kier alpha value is -2.87. The summed E-state index contributed by atoms with van der Waals surface area (Å²) in [6.45, 7) is 4.52. The Labute approximate surface area is 222 Å². The quantitative estimate of drug-likeness (QED) is 0.417. The number of sulfonamides is 1. The number of carbonyl (C=O) groups is 2. The third kappa shape index (κ3) is 8.59. The van der Waals surface area contributed by atoms with Gasteiger partial charge in [0.1, 0.15) is 6.04 Å². The minimum absolute atomic E-state index is 0.0896. The molecule has 0 aliphatic heterocycles. The molecule has 0 spiro atoms. The van der Waals surface area contributed by atoms with Crippen molar-refractivity contribution in [2.75, 3.05) is 23.7 Å². The van der Waals surface area contributed by atoms with E-state index in [0.717, 1.165) is 36.8 Å². The van der Waals surface area contributed by atoms with Gasteiger partial charge in [-0.25, -0.2) is 8.42 Å². The van der Waals surface area contributed by atoms with Gasteiger partial charge in [-0.1, -0.05) is 67.8 Å². The standard InChI is InChI=1S/C29H41N3O4S/c1-4-27(29(34)30-25-13-8-9-14-25)31(22-20-24-11-6-5-7-12-24)28(33)15-10-21-32(37(3,35)36)26-18-16-23(2)17-19-26/h5-7,11-12,16-19,25,27H,4,8-10,13-15,20-22H2,1-3H3,(H,30,34)/t27-/m1/s1. The highest BCUT2D eigenvalue weighted by atomic mass is 32.2. The first-order valence-corrected chi connectivity index (χ1v) is 15.2. The largest absolute Gasteiger partial charge is 0.352 e. The fourth-order valence-electron chi connectivity index (χ4n) is 4.98. The van der Waals surface area contributed by atoms with Crippen molar-refractivity contribution in [2.45, 2.75) is 77.3 Å². The van der Waals surface area contributed by atoms with Crippen molar-refractivity contribution in [3.8, 4) is 0 Å². The van der Waals surface area contributed by atoms with Crippen molar-refractivity contribution in [1.29, 1.82) is 0 Å². The van der Waals surface area contributed by atoms with Gasteiger partial charge in [0.2, 0.25) is 21.8 Å². The van der Waals surface area contributed by atoms with Gasteiger partial charge in [0.15, 0.2) is 0 Å². The van der Waals surface area contributed by atoms with E-state index in [4.69, 9.17) is 0 Å². The maximum Gasteiger partial charge on any atom is 0.243 e. The molecule has 0 radical (unpaired) electrons. The Morgan fingerprint density at radius 3 is 2.24 bits per heavy atom. The number of aryl methyl sites for hydroxylation is 1. The summed E-state index contributed by atoms with van der Waals surface area (Å²) >= 11 is 0. The summed E-state index contributed by atoms with van der Waals surface area (Å²) in [6, 6.07) is 16.9. The molecule has 0 bridgehead atoms. The first-order chi connectivity index (χ1) is 17.7. The fraction of sp³-hybridized carbons (Fsp3) is 0.517. The lowest BCUT2D eigenvalue weighted by molar-refractivity contribution is -0.141. The van der Waals surface area contributed by atoms with Crippen LogP contribution in [0.15, 0.2) is 54.6 Å². The molecule has 1 atom stereocenters. The molecule has 7 nitrogen and oxygen atoms in total. The normalized spacial score (nSPS) is 14.8. The Morgan fingerprint density at radius 2 is 1.65 bits per heavy atom. The highest BCUT2D eigenvalue weighted by Gasteiger charge is 2.30. The van der Waals surface area contributed by atoms with E-state index in [1.54, 1.807) is 17.0 Å². The lowest BCUT2D eigenvalue weighted by atomic mass is 10.1. The van der Waals surface area contributed by atoms with Crippen molar-refractivity contribution in [2.24, 2.45) is 0 Å². The Bertz CT molecular complexity index is 1110. The third-order valence-electron chi connectivity index (χ3n) is 7.05. The van der Waals surface area contributed by atoms with Gasteiger partial charge in [0.05, 0.1) is 11.9 Å². The predicted octanol–water partition coefficient (Wildman–Crippen LogP) is 4.45. The van der Waals surface area contributed by atoms with Crippen molar-refractivity contribution < 1.29 is 18.0 Å². The maximum atomic E-state index is 13.5. The number of anilines is 1. The van der Waals surface area contributed by atoms with Gasteiger partial charge in [-0.05, 0) is 56.7 Å². The number of nitrogens with one attached hydrogen (secondary N) is 1. The zero-order valence-corrected chi connectivity index (χ0v) is 23.2. The van der Waals surface area contributed by atoms with E-state index in [-0.39, 0.29) is 30.8 Å². The number of amides is 2. The smallest absolute Gasteiger partial charge is 0.243 e. The van der Waals surface area contributed by atoms with E-state index in [1.807, 2.05) is 56.3 Å². The summed E-state index contributed by atoms with van der Waals surface area (Å²) in [4.78, 5) is 28.4. The summed E-state index contributed by atoms with van der Waals surface area (Å²) in [6.07, 6.45) is 7.10. The average molecular weight is 528 g/mol. The molecule has 3 rings (SSSR count). The van der Waals surface area contributed by atoms with Crippen LogP contribution in [0.25, 0.3) is 0 Å². The van der Waals surface area contributed by atoms with Crippen LogP contribution in [-0.4, -0.2) is 56.6 Å². The first-order valence-electron chi connectivity index (χ1n) is 13.4. The Morgan fingerprint density at radius 1 is 1.00 bits per heavy atom. The molecule has 2 aromatic carbocycles. The molecule has 1 fully saturated rings. The minimum Gasteiger partial charge on any atom is -0.352 e. The Balaban J connectivity index is 1.70. The van der Waals surface area contributed by atoms with Crippen LogP contribution in [0.1, 0.15) is 63.0 Å². The number of rotatable bonds is 13. The highest BCUT2D eigenvalue weighted by Crippen LogP contribution is 2.21. The summed E-state index contributed by atoms with van der Waals surface area (Å²) in [7, 11) is -3.50. The lowest BCUT2D eigenvalue weighted by Gasteiger charge is -2.32. The molecule has 0 unspecified atom stereocenters. The molecule has 2 amide bonds. The number of hydrogen-bond donors (Lipinski definition) is 1. The SMILES string of the molecule is CC[C@H](C(=O)NC1CCCC1)N(CCc1ccccc1)C(=O)CCCN(c1ccc(C)cc1)S(C)(=O)=O. The molecule has 0 saturated heterocycles. The summed E-state index contributed by atoms with van der Waals surface area (Å²) in [5.74, 6) is -0.213. The first kappa shape index (κ1) is 28.7. The monoisotopic (exact) mass is 527 g/mol. The van der Waals surface area contributed by atoms with E-state index >= 15 is 0 Å². The van der Waals surface area contributed by atoms with Crippen molar-refractivity contribution in [3.05, 3.63) is 65.7 Å². The van der Waals surface area contributed by atoms with Crippen LogP contribution in [0, 0.1) is 6.92 Å². The number of nitrogens with zero attached hydrogens (tertiary/aromatic N) is 2. The van der Waals surface area contributed by atoms with Gasteiger partial charge < -0.3 is 10.2 Å². The third-order valence-corrected chi connectivity index (χ3v) is 8.24. The molecule has 0 heterocycles. The van der Waals surface area contributed by atoms with E-state index in [2.05, 4.69) is 5.32 Å². The molecular formula is C29H41N3O4S. The molecule has 1 aliphatic carbocycles. The average Bonchev–Trinajstić information content (AvgIpc) is 3.38.